The summed E-state index contributed by atoms with van der Waals surface area (Å²) in [5.41, 5.74) is 8.52. The van der Waals surface area contributed by atoms with Crippen molar-refractivity contribution < 1.29 is 4.57 Å². The number of aromatic nitrogens is 1. The Bertz CT molecular complexity index is 631. The maximum absolute atomic E-state index is 12.4. The smallest absolute Gasteiger partial charge is 0.112 e. The number of rotatable bonds is 3. The fraction of sp³-hybridized carbons (Fsp3) is 0.357. The highest BCUT2D eigenvalue weighted by Crippen LogP contribution is 2.39. The quantitative estimate of drug-likeness (QED) is 0.683. The van der Waals surface area contributed by atoms with Crippen molar-refractivity contribution >= 4 is 29.0 Å². The molecule has 4 heteroatoms. The summed E-state index contributed by atoms with van der Waals surface area (Å²) < 4.78 is 12.4. The molecular formula is C14H19N2OP. The van der Waals surface area contributed by atoms with Gasteiger partial charge in [-0.25, -0.2) is 0 Å². The van der Waals surface area contributed by atoms with Gasteiger partial charge in [0.05, 0.1) is 5.52 Å². The van der Waals surface area contributed by atoms with Crippen LogP contribution in [0.1, 0.15) is 19.0 Å². The molecule has 0 aliphatic rings. The Balaban J connectivity index is 2.71. The van der Waals surface area contributed by atoms with Crippen molar-refractivity contribution in [3.05, 3.63) is 30.0 Å². The van der Waals surface area contributed by atoms with Gasteiger partial charge in [-0.1, -0.05) is 19.4 Å². The third-order valence-electron chi connectivity index (χ3n) is 2.98. The highest BCUT2D eigenvalue weighted by molar-refractivity contribution is 7.71. The van der Waals surface area contributed by atoms with Crippen LogP contribution < -0.4 is 11.0 Å². The molecule has 3 nitrogen and oxygen atoms in total. The molecule has 0 unspecified atom stereocenters. The van der Waals surface area contributed by atoms with E-state index in [0.29, 0.717) is 5.69 Å². The fourth-order valence-corrected chi connectivity index (χ4v) is 3.71. The number of pyridine rings is 1. The number of nitrogens with two attached hydrogens (primary N) is 1. The summed E-state index contributed by atoms with van der Waals surface area (Å²) in [6.07, 6.45) is 2.03. The summed E-state index contributed by atoms with van der Waals surface area (Å²) in [6, 6.07) is 7.71. The Hall–Kier alpha value is -1.34. The van der Waals surface area contributed by atoms with Gasteiger partial charge in [0.15, 0.2) is 0 Å². The van der Waals surface area contributed by atoms with E-state index >= 15 is 0 Å². The van der Waals surface area contributed by atoms with Crippen LogP contribution in [0.4, 0.5) is 5.69 Å². The third kappa shape index (κ3) is 2.41. The molecule has 0 aliphatic carbocycles. The second kappa shape index (κ2) is 4.74. The van der Waals surface area contributed by atoms with Gasteiger partial charge < -0.3 is 10.3 Å². The van der Waals surface area contributed by atoms with Crippen LogP contribution in [0.3, 0.4) is 0 Å². The molecule has 0 bridgehead atoms. The zero-order valence-electron chi connectivity index (χ0n) is 11.1. The summed E-state index contributed by atoms with van der Waals surface area (Å²) in [6.45, 7) is 5.63. The average molecular weight is 262 g/mol. The molecule has 2 rings (SSSR count). The first-order valence-corrected chi connectivity index (χ1v) is 8.77. The zero-order valence-corrected chi connectivity index (χ0v) is 12.0. The molecule has 0 aliphatic heterocycles. The van der Waals surface area contributed by atoms with Gasteiger partial charge in [-0.2, -0.15) is 0 Å². The standard InChI is InChI=1S/C14H19N2OP/c1-4-5-10-6-7-11-13(16-10)9-8-12(15)14(11)18(2,3)17/h6-9H,4-5,15H2,1-3H3. The Morgan fingerprint density at radius 3 is 2.56 bits per heavy atom. The molecule has 0 fully saturated rings. The van der Waals surface area contributed by atoms with Gasteiger partial charge in [-0.05, 0) is 37.9 Å². The largest absolute Gasteiger partial charge is 0.398 e. The van der Waals surface area contributed by atoms with E-state index in [0.717, 1.165) is 34.7 Å². The summed E-state index contributed by atoms with van der Waals surface area (Å²) in [4.78, 5) is 4.60. The van der Waals surface area contributed by atoms with E-state index in [9.17, 15) is 4.57 Å². The van der Waals surface area contributed by atoms with Crippen molar-refractivity contribution in [1.29, 1.82) is 0 Å². The molecule has 0 amide bonds. The maximum Gasteiger partial charge on any atom is 0.112 e. The first-order valence-electron chi connectivity index (χ1n) is 6.17. The molecule has 0 spiro atoms. The van der Waals surface area contributed by atoms with E-state index in [1.807, 2.05) is 18.2 Å². The van der Waals surface area contributed by atoms with Gasteiger partial charge in [0, 0.05) is 22.1 Å². The third-order valence-corrected chi connectivity index (χ3v) is 4.55. The normalized spacial score (nSPS) is 11.9. The molecule has 0 atom stereocenters. The highest BCUT2D eigenvalue weighted by atomic mass is 31.2. The molecule has 2 aromatic rings. The average Bonchev–Trinajstić information content (AvgIpc) is 2.28. The van der Waals surface area contributed by atoms with Gasteiger partial charge in [0.1, 0.15) is 7.14 Å². The van der Waals surface area contributed by atoms with Crippen molar-refractivity contribution in [1.82, 2.24) is 4.98 Å². The van der Waals surface area contributed by atoms with Crippen molar-refractivity contribution in [2.45, 2.75) is 19.8 Å². The van der Waals surface area contributed by atoms with E-state index < -0.39 is 7.14 Å². The number of hydrogen-bond acceptors (Lipinski definition) is 3. The second-order valence-electron chi connectivity index (χ2n) is 4.97. The van der Waals surface area contributed by atoms with Crippen LogP contribution in [0, 0.1) is 0 Å². The van der Waals surface area contributed by atoms with E-state index in [4.69, 9.17) is 5.73 Å². The summed E-state index contributed by atoms with van der Waals surface area (Å²) in [7, 11) is -2.40. The van der Waals surface area contributed by atoms with E-state index in [2.05, 4.69) is 11.9 Å². The Labute approximate surface area is 108 Å². The van der Waals surface area contributed by atoms with Crippen LogP contribution in [0.2, 0.25) is 0 Å². The molecule has 2 N–H and O–H groups in total. The minimum Gasteiger partial charge on any atom is -0.398 e. The first-order chi connectivity index (χ1) is 8.43. The number of anilines is 1. The predicted octanol–water partition coefficient (Wildman–Crippen LogP) is 3.02. The van der Waals surface area contributed by atoms with Gasteiger partial charge in [-0.15, -0.1) is 0 Å². The van der Waals surface area contributed by atoms with E-state index in [1.54, 1.807) is 19.4 Å². The zero-order chi connectivity index (χ0) is 13.3. The molecule has 0 saturated carbocycles. The van der Waals surface area contributed by atoms with Crippen molar-refractivity contribution in [2.75, 3.05) is 19.1 Å². The topological polar surface area (TPSA) is 56.0 Å². The van der Waals surface area contributed by atoms with Crippen LogP contribution in [0.15, 0.2) is 24.3 Å². The Morgan fingerprint density at radius 1 is 1.22 bits per heavy atom. The number of aryl methyl sites for hydroxylation is 1. The second-order valence-corrected chi connectivity index (χ2v) is 8.12. The molecule has 1 heterocycles. The monoisotopic (exact) mass is 262 g/mol. The summed E-state index contributed by atoms with van der Waals surface area (Å²) >= 11 is 0. The predicted molar refractivity (Wildman–Crippen MR) is 79.2 cm³/mol. The van der Waals surface area contributed by atoms with Gasteiger partial charge in [0.2, 0.25) is 0 Å². The molecule has 1 aromatic carbocycles. The SMILES string of the molecule is CCCc1ccc2c(P(C)(C)=O)c(N)ccc2n1. The number of hydrogen-bond donors (Lipinski definition) is 1. The van der Waals surface area contributed by atoms with Crippen LogP contribution in [-0.4, -0.2) is 18.3 Å². The Morgan fingerprint density at radius 2 is 1.94 bits per heavy atom. The minimum atomic E-state index is -2.40. The highest BCUT2D eigenvalue weighted by Gasteiger charge is 2.18. The lowest BCUT2D eigenvalue weighted by molar-refractivity contribution is 0.588. The van der Waals surface area contributed by atoms with Gasteiger partial charge in [-0.3, -0.25) is 4.98 Å². The van der Waals surface area contributed by atoms with Gasteiger partial charge in [0.25, 0.3) is 0 Å². The molecular weight excluding hydrogens is 243 g/mol. The van der Waals surface area contributed by atoms with Crippen LogP contribution in [-0.2, 0) is 11.0 Å². The van der Waals surface area contributed by atoms with Crippen molar-refractivity contribution in [3.8, 4) is 0 Å². The van der Waals surface area contributed by atoms with Crippen molar-refractivity contribution in [2.24, 2.45) is 0 Å². The lowest BCUT2D eigenvalue weighted by Gasteiger charge is -2.14. The number of nitrogens with zero attached hydrogens (tertiary/aromatic N) is 1. The van der Waals surface area contributed by atoms with Crippen LogP contribution in [0.5, 0.6) is 0 Å². The summed E-state index contributed by atoms with van der Waals surface area (Å²) in [5.74, 6) is 0. The van der Waals surface area contributed by atoms with Crippen LogP contribution in [0.25, 0.3) is 10.9 Å². The van der Waals surface area contributed by atoms with Crippen LogP contribution >= 0.6 is 7.14 Å². The maximum atomic E-state index is 12.4. The molecule has 0 radical (unpaired) electrons. The molecule has 96 valence electrons. The minimum absolute atomic E-state index is 0.598. The molecule has 18 heavy (non-hydrogen) atoms. The van der Waals surface area contributed by atoms with Gasteiger partial charge >= 0.3 is 0 Å². The Kier molecular flexibility index (Phi) is 3.45. The number of benzene rings is 1. The first kappa shape index (κ1) is 13.1. The molecule has 1 aromatic heterocycles. The summed E-state index contributed by atoms with van der Waals surface area (Å²) in [5, 5.41) is 1.68. The van der Waals surface area contributed by atoms with E-state index in [1.165, 1.54) is 0 Å². The lowest BCUT2D eigenvalue weighted by Crippen LogP contribution is -2.11. The number of fused-ring (bicyclic) bond motifs is 1. The molecule has 0 saturated heterocycles. The fourth-order valence-electron chi connectivity index (χ4n) is 2.24. The van der Waals surface area contributed by atoms with E-state index in [-0.39, 0.29) is 0 Å². The number of nitrogen functional groups attached to an aromatic ring is 1. The van der Waals surface area contributed by atoms with Crippen molar-refractivity contribution in [3.63, 3.8) is 0 Å². The lowest BCUT2D eigenvalue weighted by atomic mass is 10.1.